The summed E-state index contributed by atoms with van der Waals surface area (Å²) in [7, 11) is 0. The molecule has 4 rings (SSSR count). The van der Waals surface area contributed by atoms with Crippen LogP contribution < -0.4 is 20.9 Å². The maximum absolute atomic E-state index is 12.4. The quantitative estimate of drug-likeness (QED) is 0.611. The Balaban J connectivity index is 1.56. The van der Waals surface area contributed by atoms with Gasteiger partial charge in [-0.05, 0) is 54.8 Å². The molecule has 0 saturated heterocycles. The van der Waals surface area contributed by atoms with Crippen LogP contribution in [0.25, 0.3) is 0 Å². The first kappa shape index (κ1) is 20.7. The third-order valence-corrected chi connectivity index (χ3v) is 5.88. The molecule has 9 heteroatoms. The topological polar surface area (TPSA) is 85.8 Å². The summed E-state index contributed by atoms with van der Waals surface area (Å²) in [6.45, 7) is 5.73. The van der Waals surface area contributed by atoms with Crippen LogP contribution >= 0.6 is 23.2 Å². The highest BCUT2D eigenvalue weighted by Crippen LogP contribution is 2.35. The molecule has 2 aromatic carbocycles. The number of aryl methyl sites for hydroxylation is 2. The Bertz CT molecular complexity index is 1070. The maximum atomic E-state index is 12.4. The molecule has 3 N–H and O–H groups in total. The van der Waals surface area contributed by atoms with Gasteiger partial charge in [0.15, 0.2) is 6.04 Å². The number of halogens is 2. The summed E-state index contributed by atoms with van der Waals surface area (Å²) in [5, 5.41) is 10.0. The van der Waals surface area contributed by atoms with E-state index >= 15 is 0 Å². The Morgan fingerprint density at radius 3 is 2.67 bits per heavy atom. The molecule has 7 nitrogen and oxygen atoms in total. The van der Waals surface area contributed by atoms with Crippen molar-refractivity contribution in [2.75, 3.05) is 23.3 Å². The number of aliphatic imine (C=N–C) groups is 1. The molecule has 0 aromatic heterocycles. The molecule has 156 valence electrons. The van der Waals surface area contributed by atoms with Gasteiger partial charge in [-0.1, -0.05) is 29.3 Å². The number of urea groups is 1. The van der Waals surface area contributed by atoms with Gasteiger partial charge in [-0.15, -0.1) is 0 Å². The lowest BCUT2D eigenvalue weighted by Crippen LogP contribution is -2.59. The molecule has 0 spiro atoms. The highest BCUT2D eigenvalue weighted by atomic mass is 35.5. The van der Waals surface area contributed by atoms with Gasteiger partial charge >= 0.3 is 6.03 Å². The first-order valence-electron chi connectivity index (χ1n) is 9.57. The van der Waals surface area contributed by atoms with E-state index in [1.54, 1.807) is 12.1 Å². The van der Waals surface area contributed by atoms with Crippen molar-refractivity contribution in [3.63, 3.8) is 0 Å². The summed E-state index contributed by atoms with van der Waals surface area (Å²) >= 11 is 12.2. The number of hydrogen-bond acceptors (Lipinski definition) is 5. The van der Waals surface area contributed by atoms with Gasteiger partial charge in [0.2, 0.25) is 0 Å². The Kier molecular flexibility index (Phi) is 5.69. The van der Waals surface area contributed by atoms with Gasteiger partial charge < -0.3 is 15.5 Å². The summed E-state index contributed by atoms with van der Waals surface area (Å²) in [5.41, 5.74) is 4.90. The van der Waals surface area contributed by atoms with Crippen LogP contribution in [-0.2, 0) is 11.3 Å². The highest BCUT2D eigenvalue weighted by Gasteiger charge is 2.39. The minimum atomic E-state index is -0.706. The second-order valence-electron chi connectivity index (χ2n) is 7.36. The van der Waals surface area contributed by atoms with E-state index in [4.69, 9.17) is 23.2 Å². The summed E-state index contributed by atoms with van der Waals surface area (Å²) < 4.78 is 0. The highest BCUT2D eigenvalue weighted by molar-refractivity contribution is 6.35. The first-order chi connectivity index (χ1) is 14.3. The number of anilines is 2. The molecule has 2 aromatic rings. The van der Waals surface area contributed by atoms with Crippen LogP contribution in [0.3, 0.4) is 0 Å². The molecule has 0 radical (unpaired) electrons. The number of hydrogen-bond donors (Lipinski definition) is 3. The number of carbonyl (C=O) groups excluding carboxylic acids is 2. The number of carbonyl (C=O) groups is 2. The fourth-order valence-electron chi connectivity index (χ4n) is 3.57. The lowest BCUT2D eigenvalue weighted by Gasteiger charge is -2.39. The van der Waals surface area contributed by atoms with Gasteiger partial charge in [-0.25, -0.2) is 4.79 Å². The van der Waals surface area contributed by atoms with Gasteiger partial charge in [-0.3, -0.25) is 10.1 Å². The van der Waals surface area contributed by atoms with Crippen molar-refractivity contribution in [2.45, 2.75) is 26.4 Å². The molecule has 2 heterocycles. The third-order valence-electron chi connectivity index (χ3n) is 5.29. The number of benzene rings is 2. The summed E-state index contributed by atoms with van der Waals surface area (Å²) in [5.74, 6) is 0.00520. The van der Waals surface area contributed by atoms with Gasteiger partial charge in [0, 0.05) is 29.7 Å². The van der Waals surface area contributed by atoms with Crippen LogP contribution in [0, 0.1) is 13.8 Å². The van der Waals surface area contributed by atoms with E-state index in [1.807, 2.05) is 36.9 Å². The van der Waals surface area contributed by atoms with Crippen LogP contribution in [0.4, 0.5) is 16.2 Å². The zero-order valence-electron chi connectivity index (χ0n) is 16.6. The van der Waals surface area contributed by atoms with Crippen LogP contribution in [0.5, 0.6) is 0 Å². The van der Waals surface area contributed by atoms with Gasteiger partial charge in [-0.2, -0.15) is 4.99 Å². The second kappa shape index (κ2) is 8.26. The molecular formula is C21H21Cl2N5O2. The molecule has 2 aliphatic heterocycles. The van der Waals surface area contributed by atoms with Crippen molar-refractivity contribution in [3.8, 4) is 0 Å². The normalized spacial score (nSPS) is 17.7. The Hall–Kier alpha value is -2.61. The number of nitrogens with zero attached hydrogens (tertiary/aromatic N) is 2. The predicted molar refractivity (Wildman–Crippen MR) is 120 cm³/mol. The molecule has 0 aliphatic carbocycles. The molecule has 1 atom stereocenters. The van der Waals surface area contributed by atoms with E-state index in [9.17, 15) is 9.59 Å². The van der Waals surface area contributed by atoms with E-state index in [-0.39, 0.29) is 0 Å². The van der Waals surface area contributed by atoms with E-state index in [2.05, 4.69) is 20.9 Å². The second-order valence-corrected chi connectivity index (χ2v) is 8.20. The summed E-state index contributed by atoms with van der Waals surface area (Å²) in [4.78, 5) is 30.3. The van der Waals surface area contributed by atoms with E-state index in [0.717, 1.165) is 28.1 Å². The van der Waals surface area contributed by atoms with Crippen LogP contribution in [0.1, 0.15) is 16.7 Å². The lowest BCUT2D eigenvalue weighted by molar-refractivity contribution is -0.119. The molecule has 0 unspecified atom stereocenters. The molecule has 0 fully saturated rings. The monoisotopic (exact) mass is 445 g/mol. The molecule has 0 saturated carbocycles. The zero-order valence-corrected chi connectivity index (χ0v) is 18.1. The fraction of sp³-hybridized carbons (Fsp3) is 0.286. The van der Waals surface area contributed by atoms with E-state index < -0.39 is 18.0 Å². The average Bonchev–Trinajstić information content (AvgIpc) is 2.68. The Labute approximate surface area is 184 Å². The van der Waals surface area contributed by atoms with Crippen molar-refractivity contribution in [1.29, 1.82) is 0 Å². The first-order valence-corrected chi connectivity index (χ1v) is 10.3. The summed E-state index contributed by atoms with van der Waals surface area (Å²) in [6, 6.07) is 8.10. The summed E-state index contributed by atoms with van der Waals surface area (Å²) in [6.07, 6.45) is 0. The van der Waals surface area contributed by atoms with Crippen molar-refractivity contribution in [1.82, 2.24) is 10.6 Å². The number of imide groups is 1. The minimum absolute atomic E-state index is 0.403. The van der Waals surface area contributed by atoms with Crippen LogP contribution in [0.2, 0.25) is 10.0 Å². The molecule has 30 heavy (non-hydrogen) atoms. The van der Waals surface area contributed by atoms with E-state index in [0.29, 0.717) is 35.5 Å². The number of fused-ring (bicyclic) bond motifs is 2. The zero-order chi connectivity index (χ0) is 21.4. The average molecular weight is 446 g/mol. The van der Waals surface area contributed by atoms with Crippen LogP contribution in [0.15, 0.2) is 35.3 Å². The van der Waals surface area contributed by atoms with E-state index in [1.165, 1.54) is 0 Å². The van der Waals surface area contributed by atoms with Crippen molar-refractivity contribution < 1.29 is 9.59 Å². The lowest BCUT2D eigenvalue weighted by atomic mass is 10.0. The van der Waals surface area contributed by atoms with Gasteiger partial charge in [0.25, 0.3) is 5.91 Å². The van der Waals surface area contributed by atoms with Crippen molar-refractivity contribution >= 4 is 52.4 Å². The number of amides is 3. The van der Waals surface area contributed by atoms with Gasteiger partial charge in [0.1, 0.15) is 5.84 Å². The fourth-order valence-corrected chi connectivity index (χ4v) is 4.05. The molecular weight excluding hydrogens is 425 g/mol. The molecule has 2 aliphatic rings. The third kappa shape index (κ3) is 4.01. The number of amidine groups is 1. The smallest absolute Gasteiger partial charge is 0.349 e. The van der Waals surface area contributed by atoms with Crippen molar-refractivity contribution in [3.05, 3.63) is 57.1 Å². The maximum Gasteiger partial charge on any atom is 0.349 e. The van der Waals surface area contributed by atoms with Crippen LogP contribution in [-0.4, -0.2) is 36.9 Å². The molecule has 3 amide bonds. The minimum Gasteiger partial charge on any atom is -0.366 e. The largest absolute Gasteiger partial charge is 0.366 e. The Morgan fingerprint density at radius 1 is 1.13 bits per heavy atom. The SMILES string of the molecule is Cc1cc2c(cc1C)N(CCNCc1ccc(Cl)cc1Cl)C1=NC(=O)NC(=O)[C@@H]1N2. The standard InChI is InChI=1S/C21H21Cl2N5O2/c1-11-7-16-17(8-12(11)2)28(19-18(25-16)20(29)27-21(30)26-19)6-5-24-10-13-3-4-14(22)9-15(13)23/h3-4,7-9,18,24-25H,5-6,10H2,1-2H3,(H,27,29,30)/t18-/m1/s1. The predicted octanol–water partition coefficient (Wildman–Crippen LogP) is 3.65. The Morgan fingerprint density at radius 2 is 1.90 bits per heavy atom. The van der Waals surface area contributed by atoms with Gasteiger partial charge in [0.05, 0.1) is 11.4 Å². The number of nitrogens with one attached hydrogen (secondary N) is 3. The van der Waals surface area contributed by atoms with Crippen molar-refractivity contribution in [2.24, 2.45) is 4.99 Å². The number of rotatable bonds is 5. The molecule has 0 bridgehead atoms.